The lowest BCUT2D eigenvalue weighted by Crippen LogP contribution is -2.53. The summed E-state index contributed by atoms with van der Waals surface area (Å²) in [6.45, 7) is -2.61. The summed E-state index contributed by atoms with van der Waals surface area (Å²) in [7, 11) is -4.24. The van der Waals surface area contributed by atoms with Crippen molar-refractivity contribution < 1.29 is 35.2 Å². The number of benzene rings is 1. The number of nitriles is 1. The molecular weight excluding hydrogens is 469 g/mol. The number of hydrogen-bond donors (Lipinski definition) is 1. The first kappa shape index (κ1) is 23.7. The molecule has 0 radical (unpaired) electrons. The van der Waals surface area contributed by atoms with E-state index in [1.807, 2.05) is 6.07 Å². The number of alkyl halides is 5. The average molecular weight is 486 g/mol. The van der Waals surface area contributed by atoms with Gasteiger partial charge in [-0.15, -0.1) is 0 Å². The lowest BCUT2D eigenvalue weighted by atomic mass is 10.1. The predicted molar refractivity (Wildman–Crippen MR) is 99.1 cm³/mol. The van der Waals surface area contributed by atoms with Crippen LogP contribution in [-0.2, 0) is 14.6 Å². The van der Waals surface area contributed by atoms with Gasteiger partial charge >= 0.3 is 12.1 Å². The normalized spacial score (nSPS) is 23.9. The highest BCUT2D eigenvalue weighted by molar-refractivity contribution is 7.92. The van der Waals surface area contributed by atoms with E-state index in [2.05, 4.69) is 5.32 Å². The highest BCUT2D eigenvalue weighted by Gasteiger charge is 2.60. The zero-order valence-electron chi connectivity index (χ0n) is 15.8. The van der Waals surface area contributed by atoms with Crippen molar-refractivity contribution in [3.8, 4) is 6.07 Å². The van der Waals surface area contributed by atoms with E-state index < -0.39 is 64.2 Å². The van der Waals surface area contributed by atoms with E-state index in [9.17, 15) is 35.2 Å². The van der Waals surface area contributed by atoms with Gasteiger partial charge in [-0.1, -0.05) is 23.7 Å². The summed E-state index contributed by atoms with van der Waals surface area (Å²) < 4.78 is 91.6. The summed E-state index contributed by atoms with van der Waals surface area (Å²) in [6.07, 6.45) is -5.78. The van der Waals surface area contributed by atoms with Gasteiger partial charge in [0.25, 0.3) is 0 Å². The van der Waals surface area contributed by atoms with Crippen molar-refractivity contribution in [1.29, 1.82) is 5.26 Å². The van der Waals surface area contributed by atoms with Gasteiger partial charge in [0.05, 0.1) is 33.8 Å². The van der Waals surface area contributed by atoms with Crippen LogP contribution in [0.25, 0.3) is 0 Å². The Morgan fingerprint density at radius 1 is 1.26 bits per heavy atom. The molecule has 2 aliphatic rings. The number of sulfone groups is 1. The van der Waals surface area contributed by atoms with Crippen LogP contribution in [-0.4, -0.2) is 61.2 Å². The SMILES string of the molecule is N#CC1(NC(=O)[C@@H]2C[C@@H](S(=O)(=O)c3ccccc3Cl)CN2CC(F)(F)C(F)(F)F)CC1. The molecule has 0 unspecified atom stereocenters. The molecule has 6 nitrogen and oxygen atoms in total. The molecule has 1 saturated carbocycles. The maximum absolute atomic E-state index is 13.7. The molecule has 31 heavy (non-hydrogen) atoms. The maximum Gasteiger partial charge on any atom is 0.454 e. The van der Waals surface area contributed by atoms with Crippen molar-refractivity contribution in [3.05, 3.63) is 29.3 Å². The summed E-state index contributed by atoms with van der Waals surface area (Å²) in [6, 6.07) is 5.62. The number of carbonyl (C=O) groups excluding carboxylic acids is 1. The van der Waals surface area contributed by atoms with E-state index in [0.717, 1.165) is 0 Å². The number of nitrogens with zero attached hydrogens (tertiary/aromatic N) is 2. The Bertz CT molecular complexity index is 1020. The smallest absolute Gasteiger partial charge is 0.336 e. The number of rotatable bonds is 6. The third-order valence-electron chi connectivity index (χ3n) is 5.39. The van der Waals surface area contributed by atoms with E-state index in [0.29, 0.717) is 17.7 Å². The highest BCUT2D eigenvalue weighted by atomic mass is 35.5. The molecule has 1 aromatic carbocycles. The Labute approximate surface area is 179 Å². The van der Waals surface area contributed by atoms with Crippen LogP contribution >= 0.6 is 11.6 Å². The van der Waals surface area contributed by atoms with E-state index >= 15 is 0 Å². The Kier molecular flexibility index (Phi) is 6.01. The fourth-order valence-electron chi connectivity index (χ4n) is 3.44. The molecule has 1 aliphatic heterocycles. The van der Waals surface area contributed by atoms with Gasteiger partial charge in [-0.2, -0.15) is 27.2 Å². The standard InChI is InChI=1S/C18H17ClF5N3O3S/c19-12-3-1-2-4-14(12)31(29,30)11-7-13(15(28)26-16(9-25)5-6-16)27(8-11)10-17(20,21)18(22,23)24/h1-4,11,13H,5-8,10H2,(H,26,28)/t11-,13+/m1/s1. The molecule has 0 spiro atoms. The Morgan fingerprint density at radius 3 is 2.39 bits per heavy atom. The van der Waals surface area contributed by atoms with Crippen molar-refractivity contribution in [3.63, 3.8) is 0 Å². The van der Waals surface area contributed by atoms with Gasteiger partial charge in [0.1, 0.15) is 5.54 Å². The molecular formula is C18H17ClF5N3O3S. The number of likely N-dealkylation sites (tertiary alicyclic amines) is 1. The van der Waals surface area contributed by atoms with Gasteiger partial charge in [-0.05, 0) is 31.4 Å². The number of hydrogen-bond acceptors (Lipinski definition) is 5. The Balaban J connectivity index is 1.90. The lowest BCUT2D eigenvalue weighted by Gasteiger charge is -2.29. The van der Waals surface area contributed by atoms with Gasteiger partial charge in [-0.3, -0.25) is 9.69 Å². The monoisotopic (exact) mass is 485 g/mol. The van der Waals surface area contributed by atoms with Crippen molar-refractivity contribution in [2.75, 3.05) is 13.1 Å². The van der Waals surface area contributed by atoms with Crippen LogP contribution < -0.4 is 5.32 Å². The van der Waals surface area contributed by atoms with Crippen LogP contribution in [0, 0.1) is 11.3 Å². The van der Waals surface area contributed by atoms with E-state index in [1.54, 1.807) is 0 Å². The topological polar surface area (TPSA) is 90.3 Å². The minimum atomic E-state index is -5.88. The Morgan fingerprint density at radius 2 is 1.87 bits per heavy atom. The average Bonchev–Trinajstić information content (AvgIpc) is 3.30. The van der Waals surface area contributed by atoms with Crippen LogP contribution in [0.5, 0.6) is 0 Å². The van der Waals surface area contributed by atoms with Crippen LogP contribution in [0.15, 0.2) is 29.2 Å². The molecule has 1 saturated heterocycles. The fraction of sp³-hybridized carbons (Fsp3) is 0.556. The van der Waals surface area contributed by atoms with Crippen molar-refractivity contribution in [1.82, 2.24) is 10.2 Å². The van der Waals surface area contributed by atoms with Crippen molar-refractivity contribution in [2.24, 2.45) is 0 Å². The molecule has 1 heterocycles. The summed E-state index contributed by atoms with van der Waals surface area (Å²) in [5, 5.41) is 9.88. The molecule has 13 heteroatoms. The van der Waals surface area contributed by atoms with Crippen LogP contribution in [0.2, 0.25) is 5.02 Å². The zero-order valence-corrected chi connectivity index (χ0v) is 17.4. The number of carbonyl (C=O) groups is 1. The molecule has 1 aliphatic carbocycles. The maximum atomic E-state index is 13.7. The van der Waals surface area contributed by atoms with Crippen LogP contribution in [0.4, 0.5) is 22.0 Å². The van der Waals surface area contributed by atoms with Crippen LogP contribution in [0.3, 0.4) is 0 Å². The largest absolute Gasteiger partial charge is 0.454 e. The van der Waals surface area contributed by atoms with Gasteiger partial charge in [-0.25, -0.2) is 8.42 Å². The molecule has 3 rings (SSSR count). The van der Waals surface area contributed by atoms with E-state index in [4.69, 9.17) is 16.9 Å². The Hall–Kier alpha value is -1.97. The second-order valence-corrected chi connectivity index (χ2v) is 10.3. The quantitative estimate of drug-likeness (QED) is 0.626. The molecule has 1 aromatic rings. The number of halogens is 6. The van der Waals surface area contributed by atoms with Gasteiger partial charge < -0.3 is 5.32 Å². The molecule has 2 atom stereocenters. The van der Waals surface area contributed by atoms with E-state index in [1.165, 1.54) is 24.3 Å². The lowest BCUT2D eigenvalue weighted by molar-refractivity contribution is -0.286. The van der Waals surface area contributed by atoms with Gasteiger partial charge in [0.2, 0.25) is 5.91 Å². The highest BCUT2D eigenvalue weighted by Crippen LogP contribution is 2.40. The molecule has 170 valence electrons. The van der Waals surface area contributed by atoms with Gasteiger partial charge in [0, 0.05) is 6.54 Å². The van der Waals surface area contributed by atoms with Gasteiger partial charge in [0.15, 0.2) is 9.84 Å². The second-order valence-electron chi connectivity index (χ2n) is 7.66. The number of nitrogens with one attached hydrogen (secondary N) is 1. The molecule has 0 aromatic heterocycles. The number of amides is 1. The summed E-state index contributed by atoms with van der Waals surface area (Å²) in [5.41, 5.74) is -1.20. The molecule has 1 N–H and O–H groups in total. The third-order valence-corrected chi connectivity index (χ3v) is 8.02. The summed E-state index contributed by atoms with van der Waals surface area (Å²) in [5.74, 6) is -6.13. The van der Waals surface area contributed by atoms with Crippen LogP contribution in [0.1, 0.15) is 19.3 Å². The molecule has 1 amide bonds. The predicted octanol–water partition coefficient (Wildman–Crippen LogP) is 2.93. The first-order valence-electron chi connectivity index (χ1n) is 9.13. The first-order chi connectivity index (χ1) is 14.2. The summed E-state index contributed by atoms with van der Waals surface area (Å²) >= 11 is 5.93. The van der Waals surface area contributed by atoms with E-state index in [-0.39, 0.29) is 9.92 Å². The third kappa shape index (κ3) is 4.63. The molecule has 2 fully saturated rings. The zero-order chi connectivity index (χ0) is 23.2. The van der Waals surface area contributed by atoms with Crippen molar-refractivity contribution in [2.45, 2.75) is 53.1 Å². The molecule has 0 bridgehead atoms. The van der Waals surface area contributed by atoms with Crippen molar-refractivity contribution >= 4 is 27.3 Å². The second kappa shape index (κ2) is 7.86. The summed E-state index contributed by atoms with van der Waals surface area (Å²) in [4.78, 5) is 12.8. The minimum Gasteiger partial charge on any atom is -0.336 e. The first-order valence-corrected chi connectivity index (χ1v) is 11.1. The minimum absolute atomic E-state index is 0.135. The fourth-order valence-corrected chi connectivity index (χ4v) is 5.69.